The molecular formula is C21H21N3O3. The number of aryl methyl sites for hydroxylation is 1. The molecule has 0 saturated carbocycles. The highest BCUT2D eigenvalue weighted by Crippen LogP contribution is 2.29. The second-order valence-corrected chi connectivity index (χ2v) is 5.85. The van der Waals surface area contributed by atoms with Gasteiger partial charge in [0.25, 0.3) is 0 Å². The summed E-state index contributed by atoms with van der Waals surface area (Å²) in [6.45, 7) is 2.67. The molecule has 0 aliphatic rings. The van der Waals surface area contributed by atoms with Crippen molar-refractivity contribution in [2.45, 2.75) is 19.8 Å². The summed E-state index contributed by atoms with van der Waals surface area (Å²) in [5, 5.41) is 13.7. The summed E-state index contributed by atoms with van der Waals surface area (Å²) in [5.74, 6) is 1.33. The van der Waals surface area contributed by atoms with E-state index in [1.165, 1.54) is 0 Å². The fraction of sp³-hybridized carbons (Fsp3) is 0.238. The third kappa shape index (κ3) is 4.17. The van der Waals surface area contributed by atoms with Crippen molar-refractivity contribution >= 4 is 0 Å². The summed E-state index contributed by atoms with van der Waals surface area (Å²) in [6.07, 6.45) is -0.403. The van der Waals surface area contributed by atoms with E-state index >= 15 is 0 Å². The van der Waals surface area contributed by atoms with E-state index in [-0.39, 0.29) is 0 Å². The summed E-state index contributed by atoms with van der Waals surface area (Å²) in [7, 11) is 3.20. The van der Waals surface area contributed by atoms with Crippen molar-refractivity contribution in [2.75, 3.05) is 14.2 Å². The SMILES string of the molecule is CCn1nc(-c2cccc(C#N)c2)cc1Oc1ccc(C(OC)OC)cc1. The van der Waals surface area contributed by atoms with Crippen LogP contribution in [0.15, 0.2) is 54.6 Å². The fourth-order valence-electron chi connectivity index (χ4n) is 2.78. The van der Waals surface area contributed by atoms with Crippen molar-refractivity contribution in [3.05, 3.63) is 65.7 Å². The zero-order valence-corrected chi connectivity index (χ0v) is 15.5. The molecule has 138 valence electrons. The molecule has 0 spiro atoms. The van der Waals surface area contributed by atoms with Crippen molar-refractivity contribution in [1.29, 1.82) is 5.26 Å². The molecule has 6 nitrogen and oxygen atoms in total. The molecule has 0 saturated heterocycles. The average Bonchev–Trinajstić information content (AvgIpc) is 3.13. The maximum Gasteiger partial charge on any atom is 0.218 e. The number of nitriles is 1. The Morgan fingerprint density at radius 3 is 2.44 bits per heavy atom. The number of hydrogen-bond donors (Lipinski definition) is 0. The van der Waals surface area contributed by atoms with Crippen LogP contribution in [0.1, 0.15) is 24.3 Å². The molecule has 6 heteroatoms. The summed E-state index contributed by atoms with van der Waals surface area (Å²) in [4.78, 5) is 0. The Bertz CT molecular complexity index is 938. The molecule has 0 amide bonds. The lowest BCUT2D eigenvalue weighted by molar-refractivity contribution is -0.106. The van der Waals surface area contributed by atoms with Crippen LogP contribution in [0.5, 0.6) is 11.6 Å². The molecule has 3 rings (SSSR count). The summed E-state index contributed by atoms with van der Waals surface area (Å²) in [5.41, 5.74) is 3.15. The smallest absolute Gasteiger partial charge is 0.218 e. The van der Waals surface area contributed by atoms with E-state index in [2.05, 4.69) is 11.2 Å². The van der Waals surface area contributed by atoms with Gasteiger partial charge in [0.2, 0.25) is 5.88 Å². The lowest BCUT2D eigenvalue weighted by atomic mass is 10.1. The minimum atomic E-state index is -0.403. The zero-order valence-electron chi connectivity index (χ0n) is 15.5. The molecule has 0 N–H and O–H groups in total. The quantitative estimate of drug-likeness (QED) is 0.577. The van der Waals surface area contributed by atoms with Gasteiger partial charge in [-0.2, -0.15) is 10.4 Å². The van der Waals surface area contributed by atoms with Crippen LogP contribution in [-0.2, 0) is 16.0 Å². The molecule has 1 aromatic heterocycles. The first kappa shape index (κ1) is 18.6. The van der Waals surface area contributed by atoms with Gasteiger partial charge in [-0.05, 0) is 31.2 Å². The molecule has 0 fully saturated rings. The standard InChI is InChI=1S/C21H21N3O3/c1-4-24-20(13-19(23-24)17-7-5-6-15(12-17)14-22)27-18-10-8-16(9-11-18)21(25-2)26-3/h5-13,21H,4H2,1-3H3. The van der Waals surface area contributed by atoms with E-state index in [0.717, 1.165) is 16.8 Å². The van der Waals surface area contributed by atoms with E-state index < -0.39 is 6.29 Å². The average molecular weight is 363 g/mol. The predicted octanol–water partition coefficient (Wildman–Crippen LogP) is 4.53. The van der Waals surface area contributed by atoms with Crippen molar-refractivity contribution < 1.29 is 14.2 Å². The van der Waals surface area contributed by atoms with Gasteiger partial charge in [0.15, 0.2) is 6.29 Å². The monoisotopic (exact) mass is 363 g/mol. The molecular weight excluding hydrogens is 342 g/mol. The van der Waals surface area contributed by atoms with E-state index in [4.69, 9.17) is 19.5 Å². The number of ether oxygens (including phenoxy) is 3. The normalized spacial score (nSPS) is 10.8. The molecule has 3 aromatic rings. The summed E-state index contributed by atoms with van der Waals surface area (Å²) >= 11 is 0. The molecule has 0 aliphatic carbocycles. The van der Waals surface area contributed by atoms with Gasteiger partial charge in [-0.1, -0.05) is 24.3 Å². The fourth-order valence-corrected chi connectivity index (χ4v) is 2.78. The van der Waals surface area contributed by atoms with Crippen molar-refractivity contribution in [2.24, 2.45) is 0 Å². The Morgan fingerprint density at radius 2 is 1.81 bits per heavy atom. The molecule has 0 unspecified atom stereocenters. The van der Waals surface area contributed by atoms with Gasteiger partial charge < -0.3 is 14.2 Å². The van der Waals surface area contributed by atoms with Gasteiger partial charge >= 0.3 is 0 Å². The Hall–Kier alpha value is -3.14. The molecule has 0 atom stereocenters. The van der Waals surface area contributed by atoms with Gasteiger partial charge in [0, 0.05) is 38.0 Å². The molecule has 0 radical (unpaired) electrons. The topological polar surface area (TPSA) is 69.3 Å². The van der Waals surface area contributed by atoms with Crippen molar-refractivity contribution in [3.63, 3.8) is 0 Å². The van der Waals surface area contributed by atoms with Crippen molar-refractivity contribution in [1.82, 2.24) is 9.78 Å². The largest absolute Gasteiger partial charge is 0.439 e. The first-order valence-electron chi connectivity index (χ1n) is 8.60. The third-order valence-corrected chi connectivity index (χ3v) is 4.13. The number of methoxy groups -OCH3 is 2. The van der Waals surface area contributed by atoms with Gasteiger partial charge in [-0.3, -0.25) is 0 Å². The second-order valence-electron chi connectivity index (χ2n) is 5.85. The van der Waals surface area contributed by atoms with Gasteiger partial charge in [-0.25, -0.2) is 4.68 Å². The highest BCUT2D eigenvalue weighted by molar-refractivity contribution is 5.62. The lowest BCUT2D eigenvalue weighted by Crippen LogP contribution is -2.03. The first-order chi connectivity index (χ1) is 13.2. The maximum atomic E-state index is 9.09. The van der Waals surface area contributed by atoms with Gasteiger partial charge in [0.1, 0.15) is 5.75 Å². The number of aromatic nitrogens is 2. The summed E-state index contributed by atoms with van der Waals surface area (Å²) < 4.78 is 18.3. The first-order valence-corrected chi connectivity index (χ1v) is 8.60. The zero-order chi connectivity index (χ0) is 19.2. The Kier molecular flexibility index (Phi) is 5.87. The Labute approximate surface area is 158 Å². The van der Waals surface area contributed by atoms with E-state index in [1.54, 1.807) is 25.0 Å². The number of benzene rings is 2. The van der Waals surface area contributed by atoms with Crippen LogP contribution >= 0.6 is 0 Å². The predicted molar refractivity (Wildman–Crippen MR) is 101 cm³/mol. The van der Waals surface area contributed by atoms with Crippen LogP contribution in [0, 0.1) is 11.3 Å². The minimum absolute atomic E-state index is 0.403. The Morgan fingerprint density at radius 1 is 1.07 bits per heavy atom. The van der Waals surface area contributed by atoms with Crippen LogP contribution in [0.2, 0.25) is 0 Å². The minimum Gasteiger partial charge on any atom is -0.439 e. The van der Waals surface area contributed by atoms with Crippen LogP contribution < -0.4 is 4.74 Å². The number of rotatable bonds is 7. The van der Waals surface area contributed by atoms with E-state index in [0.29, 0.717) is 23.7 Å². The highest BCUT2D eigenvalue weighted by Gasteiger charge is 2.13. The van der Waals surface area contributed by atoms with Crippen molar-refractivity contribution in [3.8, 4) is 29.0 Å². The Balaban J connectivity index is 1.85. The second kappa shape index (κ2) is 8.49. The van der Waals surface area contributed by atoms with Crippen LogP contribution in [0.25, 0.3) is 11.3 Å². The third-order valence-electron chi connectivity index (χ3n) is 4.13. The summed E-state index contributed by atoms with van der Waals surface area (Å²) in [6, 6.07) is 18.9. The molecule has 2 aromatic carbocycles. The van der Waals surface area contributed by atoms with Gasteiger partial charge in [0.05, 0.1) is 17.3 Å². The van der Waals surface area contributed by atoms with Crippen LogP contribution in [0.4, 0.5) is 0 Å². The van der Waals surface area contributed by atoms with Crippen LogP contribution in [-0.4, -0.2) is 24.0 Å². The van der Waals surface area contributed by atoms with Gasteiger partial charge in [-0.15, -0.1) is 0 Å². The highest BCUT2D eigenvalue weighted by atomic mass is 16.7. The molecule has 0 bridgehead atoms. The lowest BCUT2D eigenvalue weighted by Gasteiger charge is -2.14. The molecule has 0 aliphatic heterocycles. The van der Waals surface area contributed by atoms with Crippen LogP contribution in [0.3, 0.4) is 0 Å². The molecule has 27 heavy (non-hydrogen) atoms. The number of hydrogen-bond acceptors (Lipinski definition) is 5. The van der Waals surface area contributed by atoms with E-state index in [1.807, 2.05) is 55.5 Å². The number of nitrogens with zero attached hydrogens (tertiary/aromatic N) is 3. The maximum absolute atomic E-state index is 9.09. The van der Waals surface area contributed by atoms with E-state index in [9.17, 15) is 0 Å². The molecule has 1 heterocycles.